The molecule has 38 heavy (non-hydrogen) atoms. The van der Waals surface area contributed by atoms with Crippen LogP contribution in [0.1, 0.15) is 36.5 Å². The summed E-state index contributed by atoms with van der Waals surface area (Å²) in [6.45, 7) is 6.46. The van der Waals surface area contributed by atoms with Crippen molar-refractivity contribution in [3.63, 3.8) is 0 Å². The van der Waals surface area contributed by atoms with Crippen LogP contribution in [0.5, 0.6) is 0 Å². The molecule has 3 heterocycles. The summed E-state index contributed by atoms with van der Waals surface area (Å²) in [6.07, 6.45) is 3.29. The first-order valence-electron chi connectivity index (χ1n) is 12.5. The van der Waals surface area contributed by atoms with Gasteiger partial charge in [0.1, 0.15) is 28.3 Å². The Morgan fingerprint density at radius 2 is 1.82 bits per heavy atom. The second-order valence-electron chi connectivity index (χ2n) is 9.13. The highest BCUT2D eigenvalue weighted by molar-refractivity contribution is 8.26. The van der Waals surface area contributed by atoms with Crippen molar-refractivity contribution in [2.75, 3.05) is 42.5 Å². The molecule has 2 aromatic rings. The summed E-state index contributed by atoms with van der Waals surface area (Å²) in [5, 5.41) is 19.1. The van der Waals surface area contributed by atoms with Crippen LogP contribution >= 0.6 is 24.0 Å². The molecule has 1 aromatic heterocycles. The lowest BCUT2D eigenvalue weighted by Crippen LogP contribution is -2.48. The molecule has 0 unspecified atom stereocenters. The number of hydrogen-bond acceptors (Lipinski definition) is 8. The molecule has 9 nitrogen and oxygen atoms in total. The smallest absolute Gasteiger partial charge is 0.323 e. The standard InChI is InChI=1S/C27H29N5O4S2/c1-3-4-10-31-24(30-13-11-29(12-14-30)19-8-6-5-7-9-19)20(18(2)21(16-28)25(31)35)15-22-26(36)32(17-23(33)34)27(37)38-22/h5-9,15H,3-4,10-14,17H2,1-2H3,(H,33,34)/b22-15-. The van der Waals surface area contributed by atoms with E-state index in [0.29, 0.717) is 36.6 Å². The van der Waals surface area contributed by atoms with E-state index in [1.54, 1.807) is 17.6 Å². The van der Waals surface area contributed by atoms with Gasteiger partial charge >= 0.3 is 5.97 Å². The number of carbonyl (C=O) groups is 2. The van der Waals surface area contributed by atoms with E-state index in [1.165, 1.54) is 0 Å². The minimum absolute atomic E-state index is 0.0417. The summed E-state index contributed by atoms with van der Waals surface area (Å²) >= 11 is 6.30. The fraction of sp³-hybridized carbons (Fsp3) is 0.370. The second kappa shape index (κ2) is 11.8. The Labute approximate surface area is 230 Å². The van der Waals surface area contributed by atoms with Crippen molar-refractivity contribution in [2.45, 2.75) is 33.2 Å². The first kappa shape index (κ1) is 27.4. The molecular formula is C27H29N5O4S2. The van der Waals surface area contributed by atoms with Crippen molar-refractivity contribution in [3.05, 3.63) is 62.3 Å². The number of carboxylic acids is 1. The summed E-state index contributed by atoms with van der Waals surface area (Å²) < 4.78 is 1.83. The number of aromatic nitrogens is 1. The number of thioether (sulfide) groups is 1. The number of anilines is 2. The van der Waals surface area contributed by atoms with Gasteiger partial charge in [-0.2, -0.15) is 5.26 Å². The molecule has 0 bridgehead atoms. The molecule has 0 aliphatic carbocycles. The van der Waals surface area contributed by atoms with Crippen molar-refractivity contribution in [3.8, 4) is 6.07 Å². The van der Waals surface area contributed by atoms with Gasteiger partial charge < -0.3 is 14.9 Å². The van der Waals surface area contributed by atoms with E-state index in [9.17, 15) is 24.8 Å². The highest BCUT2D eigenvalue weighted by Gasteiger charge is 2.34. The molecule has 1 N–H and O–H groups in total. The Hall–Kier alpha value is -3.62. The molecule has 0 spiro atoms. The van der Waals surface area contributed by atoms with E-state index in [4.69, 9.17) is 12.2 Å². The second-order valence-corrected chi connectivity index (χ2v) is 10.8. The minimum atomic E-state index is -1.16. The van der Waals surface area contributed by atoms with Crippen LogP contribution in [0.2, 0.25) is 0 Å². The fourth-order valence-electron chi connectivity index (χ4n) is 4.73. The Balaban J connectivity index is 1.80. The number of carboxylic acid groups (broad SMARTS) is 1. The van der Waals surface area contributed by atoms with Crippen molar-refractivity contribution < 1.29 is 14.7 Å². The molecule has 2 saturated heterocycles. The number of rotatable bonds is 8. The largest absolute Gasteiger partial charge is 0.480 e. The van der Waals surface area contributed by atoms with Gasteiger partial charge in [0.25, 0.3) is 11.5 Å². The molecule has 2 aliphatic rings. The average Bonchev–Trinajstić information content (AvgIpc) is 3.17. The lowest BCUT2D eigenvalue weighted by atomic mass is 10.0. The monoisotopic (exact) mass is 551 g/mol. The lowest BCUT2D eigenvalue weighted by Gasteiger charge is -2.39. The maximum Gasteiger partial charge on any atom is 0.323 e. The summed E-state index contributed by atoms with van der Waals surface area (Å²) in [7, 11) is 0. The van der Waals surface area contributed by atoms with Gasteiger partial charge in [0.15, 0.2) is 0 Å². The zero-order valence-electron chi connectivity index (χ0n) is 21.3. The van der Waals surface area contributed by atoms with Crippen molar-refractivity contribution in [1.82, 2.24) is 9.47 Å². The average molecular weight is 552 g/mol. The van der Waals surface area contributed by atoms with Gasteiger partial charge in [-0.25, -0.2) is 0 Å². The maximum atomic E-state index is 13.5. The van der Waals surface area contributed by atoms with Gasteiger partial charge in [-0.15, -0.1) is 0 Å². The number of nitriles is 1. The predicted octanol–water partition coefficient (Wildman–Crippen LogP) is 3.44. The van der Waals surface area contributed by atoms with Crippen LogP contribution in [0.3, 0.4) is 0 Å². The van der Waals surface area contributed by atoms with Crippen LogP contribution in [0.4, 0.5) is 11.5 Å². The molecule has 198 valence electrons. The van der Waals surface area contributed by atoms with E-state index in [-0.39, 0.29) is 20.3 Å². The van der Waals surface area contributed by atoms with Gasteiger partial charge in [0.2, 0.25) is 0 Å². The Morgan fingerprint density at radius 1 is 1.16 bits per heavy atom. The van der Waals surface area contributed by atoms with Gasteiger partial charge in [-0.3, -0.25) is 23.9 Å². The zero-order valence-corrected chi connectivity index (χ0v) is 23.0. The van der Waals surface area contributed by atoms with E-state index in [2.05, 4.69) is 28.0 Å². The summed E-state index contributed by atoms with van der Waals surface area (Å²) in [5.74, 6) is -0.974. The first-order chi connectivity index (χ1) is 18.3. The zero-order chi connectivity index (χ0) is 27.4. The Kier molecular flexibility index (Phi) is 8.54. The van der Waals surface area contributed by atoms with Crippen LogP contribution in [0, 0.1) is 18.3 Å². The van der Waals surface area contributed by atoms with Crippen LogP contribution in [-0.4, -0.2) is 63.5 Å². The molecule has 0 saturated carbocycles. The van der Waals surface area contributed by atoms with Gasteiger partial charge in [-0.1, -0.05) is 55.5 Å². The van der Waals surface area contributed by atoms with Crippen LogP contribution in [0.25, 0.3) is 6.08 Å². The topological polar surface area (TPSA) is 110 Å². The SMILES string of the molecule is CCCCn1c(N2CCN(c3ccccc3)CC2)c(/C=C2\SC(=S)N(CC(=O)O)C2=O)c(C)c(C#N)c1=O. The number of pyridine rings is 1. The number of nitrogens with zero attached hydrogens (tertiary/aromatic N) is 5. The highest BCUT2D eigenvalue weighted by atomic mass is 32.2. The van der Waals surface area contributed by atoms with Crippen LogP contribution in [-0.2, 0) is 16.1 Å². The number of amides is 1. The van der Waals surface area contributed by atoms with E-state index in [0.717, 1.165) is 48.3 Å². The summed E-state index contributed by atoms with van der Waals surface area (Å²) in [6, 6.07) is 12.2. The van der Waals surface area contributed by atoms with Gasteiger partial charge in [-0.05, 0) is 37.1 Å². The first-order valence-corrected chi connectivity index (χ1v) is 13.7. The molecule has 4 rings (SSSR count). The van der Waals surface area contributed by atoms with Crippen molar-refractivity contribution >= 4 is 57.8 Å². The predicted molar refractivity (Wildman–Crippen MR) is 153 cm³/mol. The molecule has 2 aliphatic heterocycles. The number of aliphatic carboxylic acids is 1. The molecule has 11 heteroatoms. The summed E-state index contributed by atoms with van der Waals surface area (Å²) in [4.78, 5) is 43.6. The van der Waals surface area contributed by atoms with E-state index >= 15 is 0 Å². The van der Waals surface area contributed by atoms with E-state index < -0.39 is 18.4 Å². The van der Waals surface area contributed by atoms with Crippen LogP contribution in [0.15, 0.2) is 40.0 Å². The Bertz CT molecular complexity index is 1390. The lowest BCUT2D eigenvalue weighted by molar-refractivity contribution is -0.140. The van der Waals surface area contributed by atoms with Crippen LogP contribution < -0.4 is 15.4 Å². The van der Waals surface area contributed by atoms with Gasteiger partial charge in [0.05, 0.1) is 4.91 Å². The number of unbranched alkanes of at least 4 members (excludes halogenated alkanes) is 1. The molecular weight excluding hydrogens is 522 g/mol. The number of hydrogen-bond donors (Lipinski definition) is 1. The maximum absolute atomic E-state index is 13.5. The fourth-order valence-corrected chi connectivity index (χ4v) is 5.96. The third-order valence-electron chi connectivity index (χ3n) is 6.72. The number of para-hydroxylation sites is 1. The number of carbonyl (C=O) groups excluding carboxylic acids is 1. The molecule has 1 amide bonds. The normalized spacial score (nSPS) is 16.9. The number of piperazine rings is 1. The molecule has 0 radical (unpaired) electrons. The van der Waals surface area contributed by atoms with Gasteiger partial charge in [0, 0.05) is 44.0 Å². The molecule has 2 fully saturated rings. The Morgan fingerprint density at radius 3 is 2.42 bits per heavy atom. The number of thiocarbonyl (C=S) groups is 1. The number of benzene rings is 1. The minimum Gasteiger partial charge on any atom is -0.480 e. The molecule has 0 atom stereocenters. The summed E-state index contributed by atoms with van der Waals surface area (Å²) in [5.41, 5.74) is 1.94. The quantitative estimate of drug-likeness (QED) is 0.390. The van der Waals surface area contributed by atoms with Crippen molar-refractivity contribution in [2.24, 2.45) is 0 Å². The third-order valence-corrected chi connectivity index (χ3v) is 8.10. The third kappa shape index (κ3) is 5.47. The van der Waals surface area contributed by atoms with E-state index in [1.807, 2.05) is 25.1 Å². The molecule has 1 aromatic carbocycles. The highest BCUT2D eigenvalue weighted by Crippen LogP contribution is 2.36. The van der Waals surface area contributed by atoms with Crippen molar-refractivity contribution in [1.29, 1.82) is 5.26 Å².